The second-order valence-electron chi connectivity index (χ2n) is 6.86. The molecule has 2 aromatic rings. The number of nitrogens with zero attached hydrogens (tertiary/aromatic N) is 1. The third-order valence-corrected chi connectivity index (χ3v) is 4.73. The summed E-state index contributed by atoms with van der Waals surface area (Å²) in [6.45, 7) is 4.77. The van der Waals surface area contributed by atoms with Crippen LogP contribution in [0.4, 0.5) is 0 Å². The minimum Gasteiger partial charge on any atom is -0.390 e. The van der Waals surface area contributed by atoms with Gasteiger partial charge in [0.25, 0.3) is 5.91 Å². The van der Waals surface area contributed by atoms with Crippen molar-refractivity contribution in [2.45, 2.75) is 45.6 Å². The van der Waals surface area contributed by atoms with Gasteiger partial charge in [0.1, 0.15) is 11.6 Å². The molecule has 0 fully saturated rings. The Bertz CT molecular complexity index is 804. The second kappa shape index (κ2) is 11.6. The molecule has 146 valence electrons. The topological polar surface area (TPSA) is 64.9 Å². The quantitative estimate of drug-likeness (QED) is 0.366. The van der Waals surface area contributed by atoms with E-state index in [1.165, 1.54) is 17.3 Å². The molecule has 0 aliphatic rings. The standard InChI is InChI=1S/C24H29N3O/c1-3-20-12-14-22(15-13-20)19(2)27-24(28)23(17-25)18-26-16-8-7-11-21-9-5-4-6-10-21/h4-6,9-10,12-15,18-19,26H,3,7-8,11,16H2,1-2H3,(H,27,28)/b23-18-. The van der Waals surface area contributed by atoms with Gasteiger partial charge in [-0.25, -0.2) is 0 Å². The van der Waals surface area contributed by atoms with Gasteiger partial charge in [-0.3, -0.25) is 4.79 Å². The number of aryl methyl sites for hydroxylation is 2. The predicted molar refractivity (Wildman–Crippen MR) is 113 cm³/mol. The fraction of sp³-hybridized carbons (Fsp3) is 0.333. The van der Waals surface area contributed by atoms with Crippen LogP contribution < -0.4 is 10.6 Å². The largest absolute Gasteiger partial charge is 0.390 e. The molecule has 0 saturated carbocycles. The van der Waals surface area contributed by atoms with Crippen molar-refractivity contribution in [1.82, 2.24) is 10.6 Å². The smallest absolute Gasteiger partial charge is 0.263 e. The van der Waals surface area contributed by atoms with Crippen molar-refractivity contribution in [2.75, 3.05) is 6.54 Å². The molecule has 1 amide bonds. The third-order valence-electron chi connectivity index (χ3n) is 4.73. The van der Waals surface area contributed by atoms with Crippen LogP contribution in [0.1, 0.15) is 49.4 Å². The van der Waals surface area contributed by atoms with Crippen molar-refractivity contribution in [3.05, 3.63) is 83.1 Å². The van der Waals surface area contributed by atoms with E-state index in [4.69, 9.17) is 0 Å². The lowest BCUT2D eigenvalue weighted by Gasteiger charge is -2.14. The molecule has 0 aromatic heterocycles. The van der Waals surface area contributed by atoms with Crippen LogP contribution in [0.15, 0.2) is 66.4 Å². The fourth-order valence-electron chi connectivity index (χ4n) is 2.92. The Morgan fingerprint density at radius 1 is 1.07 bits per heavy atom. The summed E-state index contributed by atoms with van der Waals surface area (Å²) in [4.78, 5) is 12.3. The predicted octanol–water partition coefficient (Wildman–Crippen LogP) is 4.45. The molecule has 0 saturated heterocycles. The summed E-state index contributed by atoms with van der Waals surface area (Å²) in [5, 5.41) is 15.3. The van der Waals surface area contributed by atoms with Crippen molar-refractivity contribution < 1.29 is 4.79 Å². The van der Waals surface area contributed by atoms with E-state index in [9.17, 15) is 10.1 Å². The number of unbranched alkanes of at least 4 members (excludes halogenated alkanes) is 1. The van der Waals surface area contributed by atoms with Crippen LogP contribution in [-0.4, -0.2) is 12.5 Å². The number of benzene rings is 2. The molecule has 0 heterocycles. The van der Waals surface area contributed by atoms with E-state index in [1.54, 1.807) is 0 Å². The van der Waals surface area contributed by atoms with Gasteiger partial charge < -0.3 is 10.6 Å². The van der Waals surface area contributed by atoms with Crippen LogP contribution in [0.3, 0.4) is 0 Å². The van der Waals surface area contributed by atoms with Crippen LogP contribution in [0, 0.1) is 11.3 Å². The summed E-state index contributed by atoms with van der Waals surface area (Å²) >= 11 is 0. The summed E-state index contributed by atoms with van der Waals surface area (Å²) in [6.07, 6.45) is 5.58. The molecule has 4 nitrogen and oxygen atoms in total. The van der Waals surface area contributed by atoms with Crippen molar-refractivity contribution in [3.63, 3.8) is 0 Å². The average molecular weight is 376 g/mol. The molecule has 1 unspecified atom stereocenters. The number of hydrogen-bond donors (Lipinski definition) is 2. The molecule has 2 N–H and O–H groups in total. The molecule has 0 aliphatic heterocycles. The van der Waals surface area contributed by atoms with Crippen molar-refractivity contribution >= 4 is 5.91 Å². The molecular weight excluding hydrogens is 346 g/mol. The summed E-state index contributed by atoms with van der Waals surface area (Å²) < 4.78 is 0. The highest BCUT2D eigenvalue weighted by molar-refractivity contribution is 5.97. The molecule has 2 rings (SSSR count). The number of amides is 1. The molecule has 2 aromatic carbocycles. The Labute approximate surface area is 168 Å². The lowest BCUT2D eigenvalue weighted by atomic mass is 10.0. The molecule has 1 atom stereocenters. The van der Waals surface area contributed by atoms with Gasteiger partial charge in [0.05, 0.1) is 6.04 Å². The van der Waals surface area contributed by atoms with Crippen LogP contribution in [0.25, 0.3) is 0 Å². The van der Waals surface area contributed by atoms with E-state index in [-0.39, 0.29) is 17.5 Å². The Morgan fingerprint density at radius 3 is 2.43 bits per heavy atom. The van der Waals surface area contributed by atoms with Crippen LogP contribution in [0.2, 0.25) is 0 Å². The zero-order valence-corrected chi connectivity index (χ0v) is 16.7. The minimum atomic E-state index is -0.355. The van der Waals surface area contributed by atoms with Gasteiger partial charge in [-0.2, -0.15) is 5.26 Å². The second-order valence-corrected chi connectivity index (χ2v) is 6.86. The minimum absolute atomic E-state index is 0.0973. The van der Waals surface area contributed by atoms with Crippen LogP contribution in [0.5, 0.6) is 0 Å². The average Bonchev–Trinajstić information content (AvgIpc) is 2.74. The van der Waals surface area contributed by atoms with E-state index in [2.05, 4.69) is 41.8 Å². The molecule has 28 heavy (non-hydrogen) atoms. The van der Waals surface area contributed by atoms with Crippen molar-refractivity contribution in [1.29, 1.82) is 5.26 Å². The Hall–Kier alpha value is -3.06. The van der Waals surface area contributed by atoms with Crippen LogP contribution in [-0.2, 0) is 17.6 Å². The summed E-state index contributed by atoms with van der Waals surface area (Å²) in [5.74, 6) is -0.355. The van der Waals surface area contributed by atoms with Gasteiger partial charge in [-0.05, 0) is 49.3 Å². The van der Waals surface area contributed by atoms with Crippen molar-refractivity contribution in [3.8, 4) is 6.07 Å². The zero-order chi connectivity index (χ0) is 20.2. The normalized spacial score (nSPS) is 12.1. The van der Waals surface area contributed by atoms with Crippen molar-refractivity contribution in [2.24, 2.45) is 0 Å². The first kappa shape index (κ1) is 21.2. The van der Waals surface area contributed by atoms with Crippen LogP contribution >= 0.6 is 0 Å². The monoisotopic (exact) mass is 375 g/mol. The van der Waals surface area contributed by atoms with E-state index >= 15 is 0 Å². The zero-order valence-electron chi connectivity index (χ0n) is 16.7. The number of nitrogens with one attached hydrogen (secondary N) is 2. The summed E-state index contributed by atoms with van der Waals surface area (Å²) in [7, 11) is 0. The van der Waals surface area contributed by atoms with Gasteiger partial charge >= 0.3 is 0 Å². The lowest BCUT2D eigenvalue weighted by Crippen LogP contribution is -2.28. The highest BCUT2D eigenvalue weighted by Gasteiger charge is 2.13. The molecule has 0 radical (unpaired) electrons. The first-order valence-corrected chi connectivity index (χ1v) is 9.91. The fourth-order valence-corrected chi connectivity index (χ4v) is 2.92. The maximum atomic E-state index is 12.3. The van der Waals surface area contributed by atoms with E-state index in [0.717, 1.165) is 37.8 Å². The lowest BCUT2D eigenvalue weighted by molar-refractivity contribution is -0.117. The maximum absolute atomic E-state index is 12.3. The number of nitriles is 1. The molecule has 0 bridgehead atoms. The Kier molecular flexibility index (Phi) is 8.81. The van der Waals surface area contributed by atoms with Gasteiger partial charge in [-0.15, -0.1) is 0 Å². The van der Waals surface area contributed by atoms with Gasteiger partial charge in [0.2, 0.25) is 0 Å². The molecular formula is C24H29N3O. The molecule has 0 aliphatic carbocycles. The number of carbonyl (C=O) groups is 1. The maximum Gasteiger partial charge on any atom is 0.263 e. The van der Waals surface area contributed by atoms with Gasteiger partial charge in [0, 0.05) is 12.7 Å². The third kappa shape index (κ3) is 6.92. The van der Waals surface area contributed by atoms with E-state index in [1.807, 2.05) is 43.3 Å². The first-order chi connectivity index (χ1) is 13.6. The summed E-state index contributed by atoms with van der Waals surface area (Å²) in [6, 6.07) is 20.4. The molecule has 0 spiro atoms. The van der Waals surface area contributed by atoms with Gasteiger partial charge in [0.15, 0.2) is 0 Å². The first-order valence-electron chi connectivity index (χ1n) is 9.91. The highest BCUT2D eigenvalue weighted by atomic mass is 16.1. The summed E-state index contributed by atoms with van der Waals surface area (Å²) in [5.41, 5.74) is 3.71. The molecule has 4 heteroatoms. The number of carbonyl (C=O) groups excluding carboxylic acids is 1. The number of rotatable bonds is 10. The van der Waals surface area contributed by atoms with E-state index in [0.29, 0.717) is 0 Å². The highest BCUT2D eigenvalue weighted by Crippen LogP contribution is 2.14. The number of hydrogen-bond acceptors (Lipinski definition) is 3. The SMILES string of the molecule is CCc1ccc(C(C)NC(=O)/C(C#N)=C\NCCCCc2ccccc2)cc1. The van der Waals surface area contributed by atoms with E-state index < -0.39 is 0 Å². The Morgan fingerprint density at radius 2 is 1.79 bits per heavy atom. The Balaban J connectivity index is 1.75. The van der Waals surface area contributed by atoms with Gasteiger partial charge in [-0.1, -0.05) is 61.5 Å².